The molecule has 0 aliphatic rings. The molecule has 0 fully saturated rings. The second-order valence-electron chi connectivity index (χ2n) is 8.00. The predicted molar refractivity (Wildman–Crippen MR) is 131 cm³/mol. The maximum Gasteiger partial charge on any atom is -0.0263 e. The highest BCUT2D eigenvalue weighted by molar-refractivity contribution is 5.45. The van der Waals surface area contributed by atoms with Crippen LogP contribution in [0.25, 0.3) is 6.08 Å². The smallest absolute Gasteiger partial charge is 0.0263 e. The monoisotopic (exact) mass is 384 g/mol. The minimum atomic E-state index is 1.17. The molecule has 0 N–H and O–H groups in total. The van der Waals surface area contributed by atoms with Gasteiger partial charge >= 0.3 is 0 Å². The van der Waals surface area contributed by atoms with Gasteiger partial charge in [-0.2, -0.15) is 0 Å². The summed E-state index contributed by atoms with van der Waals surface area (Å²) in [5.74, 6) is 0. The fourth-order valence-electron chi connectivity index (χ4n) is 3.43. The van der Waals surface area contributed by atoms with Crippen molar-refractivity contribution in [3.8, 4) is 0 Å². The van der Waals surface area contributed by atoms with Crippen LogP contribution in [0.3, 0.4) is 0 Å². The molecule has 160 valence electrons. The van der Waals surface area contributed by atoms with E-state index in [1.165, 1.54) is 115 Å². The summed E-state index contributed by atoms with van der Waals surface area (Å²) < 4.78 is 0. The van der Waals surface area contributed by atoms with Crippen LogP contribution in [0, 0.1) is 0 Å². The molecule has 0 spiro atoms. The highest BCUT2D eigenvalue weighted by atomic mass is 14.0. The number of unbranched alkanes of at least 4 members (excludes halogenated alkanes) is 16. The van der Waals surface area contributed by atoms with E-state index in [1.807, 2.05) is 42.5 Å². The Hall–Kier alpha value is -1.30. The normalized spacial score (nSPS) is 10.2. The van der Waals surface area contributed by atoms with Gasteiger partial charge in [-0.3, -0.25) is 0 Å². The van der Waals surface area contributed by atoms with Gasteiger partial charge < -0.3 is 0 Å². The van der Waals surface area contributed by atoms with Gasteiger partial charge in [0.1, 0.15) is 0 Å². The Morgan fingerprint density at radius 2 is 0.964 bits per heavy atom. The lowest BCUT2D eigenvalue weighted by molar-refractivity contribution is 0.530. The molecule has 0 amide bonds. The van der Waals surface area contributed by atoms with Gasteiger partial charge in [0.25, 0.3) is 0 Å². The fraction of sp³-hybridized carbons (Fsp3) is 0.643. The second kappa shape index (κ2) is 23.7. The van der Waals surface area contributed by atoms with Gasteiger partial charge in [0.05, 0.1) is 0 Å². The minimum Gasteiger partial charge on any atom is -0.103 e. The first-order valence-electron chi connectivity index (χ1n) is 12.1. The standard InChI is InChI=1S/C20H40.C8H8/c1-3-5-7-9-11-13-15-17-19-20-18-16-14-12-10-8-6-4-2;1-2-8-6-4-3-5-7-8/h3H,1,4-20H2,2H3;2-7H,1H2. The Balaban J connectivity index is 0.000000749. The molecule has 0 bridgehead atoms. The molecule has 1 aromatic rings. The van der Waals surface area contributed by atoms with Crippen LogP contribution in [-0.4, -0.2) is 0 Å². The molecule has 1 rings (SSSR count). The SMILES string of the molecule is C=CCCCCCCCCCCCCCCCCCC.C=Cc1ccccc1. The van der Waals surface area contributed by atoms with Crippen molar-refractivity contribution in [1.29, 1.82) is 0 Å². The zero-order valence-corrected chi connectivity index (χ0v) is 19.0. The molecule has 0 saturated carbocycles. The number of allylic oxidation sites excluding steroid dienone is 1. The van der Waals surface area contributed by atoms with E-state index < -0.39 is 0 Å². The lowest BCUT2D eigenvalue weighted by Crippen LogP contribution is -1.83. The van der Waals surface area contributed by atoms with Crippen LogP contribution < -0.4 is 0 Å². The van der Waals surface area contributed by atoms with Crippen molar-refractivity contribution in [2.24, 2.45) is 0 Å². The van der Waals surface area contributed by atoms with Gasteiger partial charge in [-0.05, 0) is 18.4 Å². The molecule has 0 nitrogen and oxygen atoms in total. The molecule has 28 heavy (non-hydrogen) atoms. The summed E-state index contributed by atoms with van der Waals surface area (Å²) in [4.78, 5) is 0. The van der Waals surface area contributed by atoms with E-state index in [0.29, 0.717) is 0 Å². The van der Waals surface area contributed by atoms with Crippen LogP contribution in [0.1, 0.15) is 122 Å². The van der Waals surface area contributed by atoms with Crippen molar-refractivity contribution in [2.45, 2.75) is 116 Å². The summed E-state index contributed by atoms with van der Waals surface area (Å²) in [6, 6.07) is 10.0. The van der Waals surface area contributed by atoms with Crippen LogP contribution in [0.4, 0.5) is 0 Å². The molecule has 0 atom stereocenters. The maximum absolute atomic E-state index is 3.77. The first-order valence-corrected chi connectivity index (χ1v) is 12.1. The van der Waals surface area contributed by atoms with Crippen molar-refractivity contribution < 1.29 is 0 Å². The van der Waals surface area contributed by atoms with Gasteiger partial charge in [0.15, 0.2) is 0 Å². The predicted octanol–water partition coefficient (Wildman–Crippen LogP) is 10.2. The molecule has 0 aliphatic heterocycles. The molecule has 0 saturated heterocycles. The van der Waals surface area contributed by atoms with E-state index in [1.54, 1.807) is 0 Å². The Morgan fingerprint density at radius 1 is 0.571 bits per heavy atom. The fourth-order valence-corrected chi connectivity index (χ4v) is 3.43. The summed E-state index contributed by atoms with van der Waals surface area (Å²) in [5, 5.41) is 0. The van der Waals surface area contributed by atoms with Crippen LogP contribution in [-0.2, 0) is 0 Å². The zero-order valence-electron chi connectivity index (χ0n) is 19.0. The van der Waals surface area contributed by atoms with Gasteiger partial charge in [0, 0.05) is 0 Å². The maximum atomic E-state index is 3.77. The van der Waals surface area contributed by atoms with Gasteiger partial charge in [-0.15, -0.1) is 6.58 Å². The van der Waals surface area contributed by atoms with Crippen LogP contribution in [0.5, 0.6) is 0 Å². The highest BCUT2D eigenvalue weighted by Crippen LogP contribution is 2.13. The Labute approximate surface area is 177 Å². The van der Waals surface area contributed by atoms with Crippen LogP contribution in [0.15, 0.2) is 49.6 Å². The second-order valence-corrected chi connectivity index (χ2v) is 8.00. The average molecular weight is 385 g/mol. The third-order valence-electron chi connectivity index (χ3n) is 5.30. The minimum absolute atomic E-state index is 1.17. The zero-order chi connectivity index (χ0) is 20.5. The largest absolute Gasteiger partial charge is 0.103 e. The van der Waals surface area contributed by atoms with Crippen LogP contribution >= 0.6 is 0 Å². The lowest BCUT2D eigenvalue weighted by Gasteiger charge is -2.03. The molecule has 1 aromatic carbocycles. The topological polar surface area (TPSA) is 0 Å². The quantitative estimate of drug-likeness (QED) is 0.174. The molecular weight excluding hydrogens is 336 g/mol. The van der Waals surface area contributed by atoms with Gasteiger partial charge in [-0.1, -0.05) is 152 Å². The third kappa shape index (κ3) is 21.0. The number of hydrogen-bond donors (Lipinski definition) is 0. The summed E-state index contributed by atoms with van der Waals surface area (Å²) >= 11 is 0. The molecular formula is C28H48. The van der Waals surface area contributed by atoms with Crippen molar-refractivity contribution in [3.63, 3.8) is 0 Å². The summed E-state index contributed by atoms with van der Waals surface area (Å²) in [5.41, 5.74) is 1.17. The summed E-state index contributed by atoms with van der Waals surface area (Å²) in [6.07, 6.45) is 28.3. The highest BCUT2D eigenvalue weighted by Gasteiger charge is 1.94. The van der Waals surface area contributed by atoms with Gasteiger partial charge in [-0.25, -0.2) is 0 Å². The van der Waals surface area contributed by atoms with Crippen molar-refractivity contribution in [3.05, 3.63) is 55.1 Å². The van der Waals surface area contributed by atoms with Gasteiger partial charge in [0.2, 0.25) is 0 Å². The Bertz CT molecular complexity index is 417. The molecule has 0 radical (unpaired) electrons. The first-order chi connectivity index (χ1) is 13.8. The molecule has 0 aliphatic carbocycles. The average Bonchev–Trinajstić information content (AvgIpc) is 2.74. The van der Waals surface area contributed by atoms with E-state index in [0.717, 1.165) is 0 Å². The lowest BCUT2D eigenvalue weighted by atomic mass is 10.0. The van der Waals surface area contributed by atoms with E-state index >= 15 is 0 Å². The van der Waals surface area contributed by atoms with Crippen molar-refractivity contribution >= 4 is 6.08 Å². The molecule has 0 aromatic heterocycles. The summed E-state index contributed by atoms with van der Waals surface area (Å²) in [7, 11) is 0. The molecule has 0 heterocycles. The number of benzene rings is 1. The van der Waals surface area contributed by atoms with E-state index in [-0.39, 0.29) is 0 Å². The molecule has 0 unspecified atom stereocenters. The number of hydrogen-bond acceptors (Lipinski definition) is 0. The Kier molecular flexibility index (Phi) is 22.6. The van der Waals surface area contributed by atoms with E-state index in [4.69, 9.17) is 0 Å². The number of rotatable bonds is 18. The van der Waals surface area contributed by atoms with Crippen LogP contribution in [0.2, 0.25) is 0 Å². The first kappa shape index (κ1) is 26.7. The van der Waals surface area contributed by atoms with Crippen molar-refractivity contribution in [1.82, 2.24) is 0 Å². The van der Waals surface area contributed by atoms with E-state index in [9.17, 15) is 0 Å². The molecule has 0 heteroatoms. The Morgan fingerprint density at radius 3 is 1.29 bits per heavy atom. The summed E-state index contributed by atoms with van der Waals surface area (Å²) in [6.45, 7) is 9.69. The van der Waals surface area contributed by atoms with E-state index in [2.05, 4.69) is 20.1 Å². The van der Waals surface area contributed by atoms with Crippen molar-refractivity contribution in [2.75, 3.05) is 0 Å². The third-order valence-corrected chi connectivity index (χ3v) is 5.30.